The summed E-state index contributed by atoms with van der Waals surface area (Å²) >= 11 is 0. The van der Waals surface area contributed by atoms with Gasteiger partial charge in [0.1, 0.15) is 0 Å². The third kappa shape index (κ3) is 2.18. The summed E-state index contributed by atoms with van der Waals surface area (Å²) in [6, 6.07) is 4.35. The SMILES string of the molecule is N[C@H](CC(F)F)c1ccc2c(c1)OCO2. The Morgan fingerprint density at radius 1 is 1.27 bits per heavy atom. The van der Waals surface area contributed by atoms with Gasteiger partial charge >= 0.3 is 0 Å². The molecule has 1 atom stereocenters. The number of halogens is 2. The predicted molar refractivity (Wildman–Crippen MR) is 50.1 cm³/mol. The summed E-state index contributed by atoms with van der Waals surface area (Å²) in [5.41, 5.74) is 6.25. The van der Waals surface area contributed by atoms with E-state index >= 15 is 0 Å². The Bertz CT molecular complexity index is 357. The molecule has 0 amide bonds. The molecule has 0 saturated carbocycles. The Balaban J connectivity index is 2.15. The van der Waals surface area contributed by atoms with Crippen LogP contribution in [0.5, 0.6) is 11.5 Å². The molecule has 0 fully saturated rings. The van der Waals surface area contributed by atoms with Crippen molar-refractivity contribution in [3.05, 3.63) is 23.8 Å². The minimum absolute atomic E-state index is 0.170. The van der Waals surface area contributed by atoms with Crippen molar-refractivity contribution < 1.29 is 18.3 Å². The molecule has 1 aromatic carbocycles. The molecule has 0 bridgehead atoms. The largest absolute Gasteiger partial charge is 0.454 e. The minimum Gasteiger partial charge on any atom is -0.454 e. The van der Waals surface area contributed by atoms with Crippen LogP contribution in [0.3, 0.4) is 0 Å². The zero-order valence-electron chi connectivity index (χ0n) is 7.95. The lowest BCUT2D eigenvalue weighted by molar-refractivity contribution is 0.128. The van der Waals surface area contributed by atoms with Crippen molar-refractivity contribution in [1.29, 1.82) is 0 Å². The van der Waals surface area contributed by atoms with Gasteiger partial charge in [0.05, 0.1) is 0 Å². The van der Waals surface area contributed by atoms with Crippen LogP contribution in [0.2, 0.25) is 0 Å². The van der Waals surface area contributed by atoms with Crippen LogP contribution in [0, 0.1) is 0 Å². The van der Waals surface area contributed by atoms with Crippen LogP contribution in [0.15, 0.2) is 18.2 Å². The molecule has 2 rings (SSSR count). The fourth-order valence-corrected chi connectivity index (χ4v) is 1.47. The molecule has 0 aliphatic carbocycles. The van der Waals surface area contributed by atoms with Gasteiger partial charge < -0.3 is 15.2 Å². The van der Waals surface area contributed by atoms with E-state index in [1.165, 1.54) is 0 Å². The quantitative estimate of drug-likeness (QED) is 0.839. The molecule has 1 aliphatic rings. The Kier molecular flexibility index (Phi) is 2.73. The van der Waals surface area contributed by atoms with Crippen LogP contribution in [0.4, 0.5) is 8.78 Å². The van der Waals surface area contributed by atoms with Crippen LogP contribution >= 0.6 is 0 Å². The highest BCUT2D eigenvalue weighted by Gasteiger charge is 2.18. The van der Waals surface area contributed by atoms with Crippen molar-refractivity contribution in [2.24, 2.45) is 5.73 Å². The maximum Gasteiger partial charge on any atom is 0.240 e. The van der Waals surface area contributed by atoms with Gasteiger partial charge in [-0.1, -0.05) is 6.07 Å². The van der Waals surface area contributed by atoms with E-state index in [-0.39, 0.29) is 13.2 Å². The Morgan fingerprint density at radius 3 is 2.73 bits per heavy atom. The molecule has 1 aliphatic heterocycles. The van der Waals surface area contributed by atoms with Crippen molar-refractivity contribution in [2.75, 3.05) is 6.79 Å². The van der Waals surface area contributed by atoms with Crippen molar-refractivity contribution >= 4 is 0 Å². The van der Waals surface area contributed by atoms with Crippen molar-refractivity contribution in [3.63, 3.8) is 0 Å². The molecule has 82 valence electrons. The number of hydrogen-bond acceptors (Lipinski definition) is 3. The van der Waals surface area contributed by atoms with E-state index in [1.54, 1.807) is 18.2 Å². The normalized spacial score (nSPS) is 15.7. The van der Waals surface area contributed by atoms with E-state index in [1.807, 2.05) is 0 Å². The maximum absolute atomic E-state index is 12.1. The van der Waals surface area contributed by atoms with Crippen LogP contribution < -0.4 is 15.2 Å². The predicted octanol–water partition coefficient (Wildman–Crippen LogP) is 2.07. The Morgan fingerprint density at radius 2 is 2.00 bits per heavy atom. The number of ether oxygens (including phenoxy) is 2. The summed E-state index contributed by atoms with van der Waals surface area (Å²) in [5, 5.41) is 0. The first kappa shape index (κ1) is 10.2. The van der Waals surface area contributed by atoms with Gasteiger partial charge in [0.25, 0.3) is 0 Å². The van der Waals surface area contributed by atoms with Crippen molar-refractivity contribution in [2.45, 2.75) is 18.9 Å². The number of hydrogen-bond donors (Lipinski definition) is 1. The number of benzene rings is 1. The lowest BCUT2D eigenvalue weighted by atomic mass is 10.0. The van der Waals surface area contributed by atoms with Gasteiger partial charge in [0.2, 0.25) is 13.2 Å². The van der Waals surface area contributed by atoms with Crippen LogP contribution in [0.1, 0.15) is 18.0 Å². The fraction of sp³-hybridized carbons (Fsp3) is 0.400. The zero-order chi connectivity index (χ0) is 10.8. The molecule has 0 radical (unpaired) electrons. The second kappa shape index (κ2) is 4.02. The smallest absolute Gasteiger partial charge is 0.240 e. The average Bonchev–Trinajstić information content (AvgIpc) is 2.62. The van der Waals surface area contributed by atoms with Crippen molar-refractivity contribution in [1.82, 2.24) is 0 Å². The van der Waals surface area contributed by atoms with Crippen LogP contribution in [-0.4, -0.2) is 13.2 Å². The molecule has 0 saturated heterocycles. The summed E-state index contributed by atoms with van der Waals surface area (Å²) in [5.74, 6) is 1.19. The third-order valence-corrected chi connectivity index (χ3v) is 2.26. The highest BCUT2D eigenvalue weighted by molar-refractivity contribution is 5.45. The highest BCUT2D eigenvalue weighted by Crippen LogP contribution is 2.34. The molecule has 0 aromatic heterocycles. The Hall–Kier alpha value is -1.36. The first-order valence-electron chi connectivity index (χ1n) is 4.60. The Labute approximate surface area is 85.8 Å². The van der Waals surface area contributed by atoms with Gasteiger partial charge in [-0.2, -0.15) is 0 Å². The lowest BCUT2D eigenvalue weighted by Gasteiger charge is -2.11. The molecular formula is C10H11F2NO2. The van der Waals surface area contributed by atoms with E-state index in [4.69, 9.17) is 15.2 Å². The summed E-state index contributed by atoms with van der Waals surface area (Å²) in [6.45, 7) is 0.170. The number of rotatable bonds is 3. The summed E-state index contributed by atoms with van der Waals surface area (Å²) in [6.07, 6.45) is -2.75. The number of nitrogens with two attached hydrogens (primary N) is 1. The van der Waals surface area contributed by atoms with E-state index in [0.29, 0.717) is 17.1 Å². The standard InChI is InChI=1S/C10H11F2NO2/c11-10(12)4-7(13)6-1-2-8-9(3-6)15-5-14-8/h1-3,7,10H,4-5,13H2/t7-/m1/s1. The topological polar surface area (TPSA) is 44.5 Å². The van der Waals surface area contributed by atoms with Gasteiger partial charge in [-0.3, -0.25) is 0 Å². The third-order valence-electron chi connectivity index (χ3n) is 2.26. The van der Waals surface area contributed by atoms with E-state index in [9.17, 15) is 8.78 Å². The maximum atomic E-state index is 12.1. The molecule has 1 aromatic rings. The van der Waals surface area contributed by atoms with E-state index in [2.05, 4.69) is 0 Å². The highest BCUT2D eigenvalue weighted by atomic mass is 19.3. The second-order valence-electron chi connectivity index (χ2n) is 3.35. The number of fused-ring (bicyclic) bond motifs is 1. The minimum atomic E-state index is -2.40. The van der Waals surface area contributed by atoms with Gasteiger partial charge in [-0.05, 0) is 17.7 Å². The zero-order valence-corrected chi connectivity index (χ0v) is 7.95. The molecule has 2 N–H and O–H groups in total. The average molecular weight is 215 g/mol. The fourth-order valence-electron chi connectivity index (χ4n) is 1.47. The molecule has 15 heavy (non-hydrogen) atoms. The summed E-state index contributed by atoms with van der Waals surface area (Å²) in [7, 11) is 0. The first-order chi connectivity index (χ1) is 7.16. The summed E-state index contributed by atoms with van der Waals surface area (Å²) in [4.78, 5) is 0. The van der Waals surface area contributed by atoms with Crippen LogP contribution in [-0.2, 0) is 0 Å². The monoisotopic (exact) mass is 215 g/mol. The van der Waals surface area contributed by atoms with Crippen LogP contribution in [0.25, 0.3) is 0 Å². The van der Waals surface area contributed by atoms with E-state index in [0.717, 1.165) is 0 Å². The molecular weight excluding hydrogens is 204 g/mol. The first-order valence-corrected chi connectivity index (χ1v) is 4.60. The summed E-state index contributed by atoms with van der Waals surface area (Å²) < 4.78 is 34.5. The molecule has 3 nitrogen and oxygen atoms in total. The molecule has 0 unspecified atom stereocenters. The molecule has 5 heteroatoms. The van der Waals surface area contributed by atoms with Gasteiger partial charge in [0, 0.05) is 12.5 Å². The van der Waals surface area contributed by atoms with Gasteiger partial charge in [-0.15, -0.1) is 0 Å². The molecule has 0 spiro atoms. The van der Waals surface area contributed by atoms with Gasteiger partial charge in [-0.25, -0.2) is 8.78 Å². The van der Waals surface area contributed by atoms with Gasteiger partial charge in [0.15, 0.2) is 11.5 Å². The van der Waals surface area contributed by atoms with E-state index < -0.39 is 12.5 Å². The lowest BCUT2D eigenvalue weighted by Crippen LogP contribution is -2.13. The number of alkyl halides is 2. The van der Waals surface area contributed by atoms with Crippen molar-refractivity contribution in [3.8, 4) is 11.5 Å². The molecule has 1 heterocycles. The second-order valence-corrected chi connectivity index (χ2v) is 3.35.